The average molecular weight is 302 g/mol. The summed E-state index contributed by atoms with van der Waals surface area (Å²) in [7, 11) is 0. The van der Waals surface area contributed by atoms with E-state index in [1.165, 1.54) is 10.8 Å². The van der Waals surface area contributed by atoms with Gasteiger partial charge in [-0.1, -0.05) is 11.6 Å². The second-order valence-corrected chi connectivity index (χ2v) is 5.87. The van der Waals surface area contributed by atoms with Gasteiger partial charge in [0.1, 0.15) is 18.0 Å². The summed E-state index contributed by atoms with van der Waals surface area (Å²) in [6.45, 7) is 5.53. The summed E-state index contributed by atoms with van der Waals surface area (Å²) < 4.78 is 18.7. The van der Waals surface area contributed by atoms with Gasteiger partial charge >= 0.3 is 5.69 Å². The molecule has 0 saturated carbocycles. The second kappa shape index (κ2) is 4.42. The summed E-state index contributed by atoms with van der Waals surface area (Å²) in [5.41, 5.74) is 4.98. The van der Waals surface area contributed by atoms with Gasteiger partial charge in [0.25, 0.3) is 0 Å². The Balaban J connectivity index is 1.99. The summed E-state index contributed by atoms with van der Waals surface area (Å²) in [4.78, 5) is 15.6. The van der Waals surface area contributed by atoms with E-state index in [9.17, 15) is 4.79 Å². The molecule has 8 heteroatoms. The molecule has 4 atom stereocenters. The van der Waals surface area contributed by atoms with E-state index in [1.807, 2.05) is 20.8 Å². The van der Waals surface area contributed by atoms with Gasteiger partial charge in [0, 0.05) is 6.20 Å². The van der Waals surface area contributed by atoms with E-state index in [-0.39, 0.29) is 29.2 Å². The van der Waals surface area contributed by atoms with Gasteiger partial charge in [-0.05, 0) is 20.8 Å². The quantitative estimate of drug-likeness (QED) is 0.829. The van der Waals surface area contributed by atoms with Crippen LogP contribution in [-0.4, -0.2) is 33.7 Å². The zero-order chi connectivity index (χ0) is 14.7. The van der Waals surface area contributed by atoms with E-state index in [4.69, 9.17) is 31.5 Å². The number of aromatic nitrogens is 2. The summed E-state index contributed by atoms with van der Waals surface area (Å²) in [6, 6.07) is 0. The molecule has 7 nitrogen and oxygen atoms in total. The van der Waals surface area contributed by atoms with Gasteiger partial charge in [0.15, 0.2) is 12.0 Å². The molecule has 2 fully saturated rings. The Morgan fingerprint density at radius 3 is 2.75 bits per heavy atom. The second-order valence-electron chi connectivity index (χ2n) is 5.46. The van der Waals surface area contributed by atoms with Gasteiger partial charge in [-0.15, -0.1) is 0 Å². The topological polar surface area (TPSA) is 88.6 Å². The molecule has 0 aliphatic carbocycles. The SMILES string of the molecule is C[C@H]1O[C@@H](n2cc(Cl)c(N)nc2=O)C2OC(C)(C)O[C@H]21. The number of hydrogen-bond donors (Lipinski definition) is 1. The molecule has 0 amide bonds. The normalized spacial score (nSPS) is 35.2. The Bertz CT molecular complexity index is 603. The van der Waals surface area contributed by atoms with Crippen molar-refractivity contribution in [1.82, 2.24) is 9.55 Å². The first-order valence-corrected chi connectivity index (χ1v) is 6.71. The summed E-state index contributed by atoms with van der Waals surface area (Å²) in [6.07, 6.45) is -0.0389. The van der Waals surface area contributed by atoms with Crippen LogP contribution in [-0.2, 0) is 14.2 Å². The fraction of sp³-hybridized carbons (Fsp3) is 0.667. The molecular formula is C12H16ClN3O4. The number of fused-ring (bicyclic) bond motifs is 1. The van der Waals surface area contributed by atoms with Crippen LogP contribution in [0.2, 0.25) is 5.02 Å². The monoisotopic (exact) mass is 301 g/mol. The highest BCUT2D eigenvalue weighted by Crippen LogP contribution is 2.42. The van der Waals surface area contributed by atoms with Crippen molar-refractivity contribution in [2.75, 3.05) is 5.73 Å². The number of ether oxygens (including phenoxy) is 3. The van der Waals surface area contributed by atoms with E-state index in [0.29, 0.717) is 0 Å². The molecule has 3 rings (SSSR count). The largest absolute Gasteiger partial charge is 0.382 e. The number of nitrogens with zero attached hydrogens (tertiary/aromatic N) is 2. The lowest BCUT2D eigenvalue weighted by Gasteiger charge is -2.24. The standard InChI is InChI=1S/C12H16ClN3O4/c1-5-7-8(20-12(2,3)19-7)10(18-5)16-4-6(13)9(14)15-11(16)17/h4-5,7-8,10H,1-3H3,(H2,14,15,17)/t5-,7+,8?,10-/m1/s1. The first-order valence-electron chi connectivity index (χ1n) is 6.34. The lowest BCUT2D eigenvalue weighted by Crippen LogP contribution is -2.35. The average Bonchev–Trinajstić information content (AvgIpc) is 2.80. The Morgan fingerprint density at radius 2 is 2.05 bits per heavy atom. The van der Waals surface area contributed by atoms with E-state index in [0.717, 1.165) is 0 Å². The first-order chi connectivity index (χ1) is 9.28. The number of halogens is 1. The maximum absolute atomic E-state index is 12.0. The van der Waals surface area contributed by atoms with Crippen molar-refractivity contribution in [3.63, 3.8) is 0 Å². The predicted octanol–water partition coefficient (Wildman–Crippen LogP) is 0.916. The Kier molecular flexibility index (Phi) is 3.06. The van der Waals surface area contributed by atoms with Gasteiger partial charge in [-0.3, -0.25) is 4.57 Å². The molecule has 1 unspecified atom stereocenters. The number of nitrogen functional groups attached to an aromatic ring is 1. The molecule has 2 aliphatic rings. The Hall–Kier alpha value is -1.15. The van der Waals surface area contributed by atoms with E-state index in [2.05, 4.69) is 4.98 Å². The summed E-state index contributed by atoms with van der Waals surface area (Å²) >= 11 is 5.92. The molecule has 1 aromatic rings. The molecule has 1 aromatic heterocycles. The van der Waals surface area contributed by atoms with Crippen molar-refractivity contribution in [2.45, 2.75) is 51.1 Å². The zero-order valence-electron chi connectivity index (χ0n) is 11.4. The smallest absolute Gasteiger partial charge is 0.351 e. The fourth-order valence-electron chi connectivity index (χ4n) is 2.64. The number of hydrogen-bond acceptors (Lipinski definition) is 6. The maximum Gasteiger partial charge on any atom is 0.351 e. The first kappa shape index (κ1) is 13.8. The van der Waals surface area contributed by atoms with Gasteiger partial charge in [-0.2, -0.15) is 4.98 Å². The number of rotatable bonds is 1. The third-order valence-electron chi connectivity index (χ3n) is 3.47. The molecule has 2 saturated heterocycles. The molecule has 0 spiro atoms. The van der Waals surface area contributed by atoms with Crippen LogP contribution in [0.15, 0.2) is 11.0 Å². The molecule has 0 radical (unpaired) electrons. The number of nitrogens with two attached hydrogens (primary N) is 1. The van der Waals surface area contributed by atoms with Crippen LogP contribution >= 0.6 is 11.6 Å². The van der Waals surface area contributed by atoms with Gasteiger partial charge in [0.2, 0.25) is 0 Å². The van der Waals surface area contributed by atoms with Crippen LogP contribution in [0.1, 0.15) is 27.0 Å². The van der Waals surface area contributed by atoms with Crippen LogP contribution in [0, 0.1) is 0 Å². The minimum Gasteiger partial charge on any atom is -0.382 e. The lowest BCUT2D eigenvalue weighted by atomic mass is 10.1. The van der Waals surface area contributed by atoms with E-state index in [1.54, 1.807) is 0 Å². The van der Waals surface area contributed by atoms with Gasteiger partial charge < -0.3 is 19.9 Å². The predicted molar refractivity (Wildman–Crippen MR) is 71.3 cm³/mol. The molecule has 110 valence electrons. The van der Waals surface area contributed by atoms with E-state index < -0.39 is 17.7 Å². The Labute approximate surface area is 120 Å². The van der Waals surface area contributed by atoms with Crippen molar-refractivity contribution in [3.8, 4) is 0 Å². The molecule has 2 aliphatic heterocycles. The minimum atomic E-state index is -0.708. The van der Waals surface area contributed by atoms with E-state index >= 15 is 0 Å². The van der Waals surface area contributed by atoms with Crippen LogP contribution in [0.4, 0.5) is 5.82 Å². The van der Waals surface area contributed by atoms with Crippen molar-refractivity contribution in [2.24, 2.45) is 0 Å². The van der Waals surface area contributed by atoms with Crippen molar-refractivity contribution in [1.29, 1.82) is 0 Å². The van der Waals surface area contributed by atoms with Crippen LogP contribution in [0.25, 0.3) is 0 Å². The molecular weight excluding hydrogens is 286 g/mol. The van der Waals surface area contributed by atoms with Gasteiger partial charge in [-0.25, -0.2) is 4.79 Å². The van der Waals surface area contributed by atoms with Crippen LogP contribution in [0.3, 0.4) is 0 Å². The summed E-state index contributed by atoms with van der Waals surface area (Å²) in [5.74, 6) is -0.709. The molecule has 3 heterocycles. The zero-order valence-corrected chi connectivity index (χ0v) is 12.1. The molecule has 2 N–H and O–H groups in total. The Morgan fingerprint density at radius 1 is 1.40 bits per heavy atom. The third-order valence-corrected chi connectivity index (χ3v) is 3.76. The highest BCUT2D eigenvalue weighted by molar-refractivity contribution is 6.32. The highest BCUT2D eigenvalue weighted by Gasteiger charge is 2.54. The summed E-state index contributed by atoms with van der Waals surface area (Å²) in [5, 5.41) is 0.197. The van der Waals surface area contributed by atoms with Gasteiger partial charge in [0.05, 0.1) is 11.1 Å². The molecule has 20 heavy (non-hydrogen) atoms. The van der Waals surface area contributed by atoms with Crippen molar-refractivity contribution < 1.29 is 14.2 Å². The van der Waals surface area contributed by atoms with Crippen molar-refractivity contribution in [3.05, 3.63) is 21.7 Å². The number of anilines is 1. The van der Waals surface area contributed by atoms with Crippen LogP contribution < -0.4 is 11.4 Å². The minimum absolute atomic E-state index is 0.000526. The van der Waals surface area contributed by atoms with Crippen LogP contribution in [0.5, 0.6) is 0 Å². The fourth-order valence-corrected chi connectivity index (χ4v) is 2.79. The van der Waals surface area contributed by atoms with Crippen molar-refractivity contribution >= 4 is 17.4 Å². The third kappa shape index (κ3) is 2.10. The maximum atomic E-state index is 12.0. The molecule has 0 bridgehead atoms. The molecule has 0 aromatic carbocycles. The highest BCUT2D eigenvalue weighted by atomic mass is 35.5. The lowest BCUT2D eigenvalue weighted by molar-refractivity contribution is -0.195.